The van der Waals surface area contributed by atoms with Gasteiger partial charge in [0.2, 0.25) is 5.91 Å². The third-order valence-electron chi connectivity index (χ3n) is 2.17. The third-order valence-corrected chi connectivity index (χ3v) is 2.17. The Morgan fingerprint density at radius 1 is 1.33 bits per heavy atom. The summed E-state index contributed by atoms with van der Waals surface area (Å²) in [4.78, 5) is 21.5. The first-order valence-corrected chi connectivity index (χ1v) is 4.92. The highest BCUT2D eigenvalue weighted by atomic mass is 16.4. The lowest BCUT2D eigenvalue weighted by Gasteiger charge is -2.19. The molecular weight excluding hydrogens is 194 g/mol. The van der Waals surface area contributed by atoms with Crippen LogP contribution < -0.4 is 5.32 Å². The van der Waals surface area contributed by atoms with Crippen molar-refractivity contribution < 1.29 is 14.7 Å². The van der Waals surface area contributed by atoms with Crippen molar-refractivity contribution in [3.63, 3.8) is 0 Å². The van der Waals surface area contributed by atoms with Crippen LogP contribution in [0.4, 0.5) is 0 Å². The summed E-state index contributed by atoms with van der Waals surface area (Å²) < 4.78 is 0. The van der Waals surface area contributed by atoms with E-state index in [1.54, 1.807) is 0 Å². The second kappa shape index (κ2) is 5.53. The molecule has 0 aliphatic heterocycles. The molecule has 0 unspecified atom stereocenters. The average molecular weight is 213 g/mol. The quantitative estimate of drug-likeness (QED) is 0.696. The number of aliphatic carboxylic acids is 1. The molecule has 0 aliphatic carbocycles. The Morgan fingerprint density at radius 3 is 2.27 bits per heavy atom. The van der Waals surface area contributed by atoms with Crippen LogP contribution in [0.3, 0.4) is 0 Å². The van der Waals surface area contributed by atoms with Gasteiger partial charge in [-0.3, -0.25) is 9.59 Å². The minimum Gasteiger partial charge on any atom is -0.481 e. The molecule has 0 saturated carbocycles. The fourth-order valence-corrected chi connectivity index (χ4v) is 0.757. The van der Waals surface area contributed by atoms with Crippen molar-refractivity contribution in [1.82, 2.24) is 5.32 Å². The molecule has 15 heavy (non-hydrogen) atoms. The van der Waals surface area contributed by atoms with Gasteiger partial charge in [0, 0.05) is 12.6 Å². The molecule has 2 N–H and O–H groups in total. The molecule has 86 valence electrons. The zero-order valence-electron chi connectivity index (χ0n) is 9.76. The molecule has 0 rings (SSSR count). The van der Waals surface area contributed by atoms with E-state index in [-0.39, 0.29) is 24.3 Å². The number of carboxylic acid groups (broad SMARTS) is 1. The maximum atomic E-state index is 11.3. The topological polar surface area (TPSA) is 66.4 Å². The van der Waals surface area contributed by atoms with E-state index in [0.717, 1.165) is 5.57 Å². The number of hydrogen-bond acceptors (Lipinski definition) is 2. The molecule has 0 aromatic carbocycles. The maximum Gasteiger partial charge on any atom is 0.305 e. The van der Waals surface area contributed by atoms with Crippen molar-refractivity contribution in [2.24, 2.45) is 5.41 Å². The lowest BCUT2D eigenvalue weighted by atomic mass is 9.87. The van der Waals surface area contributed by atoms with Crippen LogP contribution in [0.1, 0.15) is 34.1 Å². The molecule has 0 radical (unpaired) electrons. The fraction of sp³-hybridized carbons (Fsp3) is 0.636. The van der Waals surface area contributed by atoms with Crippen LogP contribution in [-0.2, 0) is 9.59 Å². The Balaban J connectivity index is 4.08. The van der Waals surface area contributed by atoms with E-state index in [1.165, 1.54) is 6.08 Å². The highest BCUT2D eigenvalue weighted by Gasteiger charge is 2.13. The summed E-state index contributed by atoms with van der Waals surface area (Å²) in [6.07, 6.45) is 1.47. The summed E-state index contributed by atoms with van der Waals surface area (Å²) in [5.74, 6) is -1.14. The number of carbonyl (C=O) groups excluding carboxylic acids is 1. The highest BCUT2D eigenvalue weighted by molar-refractivity contribution is 5.88. The predicted molar refractivity (Wildman–Crippen MR) is 58.5 cm³/mol. The van der Waals surface area contributed by atoms with Gasteiger partial charge in [-0.15, -0.1) is 0 Å². The van der Waals surface area contributed by atoms with Crippen LogP contribution in [0.25, 0.3) is 0 Å². The van der Waals surface area contributed by atoms with Gasteiger partial charge in [0.15, 0.2) is 0 Å². The van der Waals surface area contributed by atoms with Gasteiger partial charge in [-0.2, -0.15) is 0 Å². The summed E-state index contributed by atoms with van der Waals surface area (Å²) >= 11 is 0. The van der Waals surface area contributed by atoms with Gasteiger partial charge in [0.1, 0.15) is 0 Å². The zero-order valence-corrected chi connectivity index (χ0v) is 9.76. The Hall–Kier alpha value is -1.32. The monoisotopic (exact) mass is 213 g/mol. The maximum absolute atomic E-state index is 11.3. The summed E-state index contributed by atoms with van der Waals surface area (Å²) in [6, 6.07) is 0. The highest BCUT2D eigenvalue weighted by Crippen LogP contribution is 2.23. The largest absolute Gasteiger partial charge is 0.481 e. The first-order chi connectivity index (χ1) is 6.73. The molecule has 4 nitrogen and oxygen atoms in total. The molecule has 0 atom stereocenters. The number of carbonyl (C=O) groups is 2. The number of carboxylic acids is 1. The van der Waals surface area contributed by atoms with E-state index in [1.807, 2.05) is 27.7 Å². The second-order valence-electron chi connectivity index (χ2n) is 4.51. The Labute approximate surface area is 90.4 Å². The standard InChI is InChI=1S/C11H19NO3/c1-8(11(2,3)4)7-9(13)12-6-5-10(14)15/h7H,5-6H2,1-4H3,(H,12,13)(H,14,15). The van der Waals surface area contributed by atoms with Gasteiger partial charge in [-0.25, -0.2) is 0 Å². The number of allylic oxidation sites excluding steroid dienone is 1. The van der Waals surface area contributed by atoms with Crippen molar-refractivity contribution in [1.29, 1.82) is 0 Å². The van der Waals surface area contributed by atoms with Crippen molar-refractivity contribution in [3.05, 3.63) is 11.6 Å². The van der Waals surface area contributed by atoms with E-state index in [0.29, 0.717) is 0 Å². The molecule has 0 spiro atoms. The fourth-order valence-electron chi connectivity index (χ4n) is 0.757. The predicted octanol–water partition coefficient (Wildman–Crippen LogP) is 1.57. The van der Waals surface area contributed by atoms with E-state index in [9.17, 15) is 9.59 Å². The first-order valence-electron chi connectivity index (χ1n) is 4.92. The summed E-state index contributed by atoms with van der Waals surface area (Å²) in [5, 5.41) is 10.9. The number of nitrogens with one attached hydrogen (secondary N) is 1. The molecule has 4 heteroatoms. The van der Waals surface area contributed by atoms with Crippen LogP contribution in [0.2, 0.25) is 0 Å². The van der Waals surface area contributed by atoms with E-state index < -0.39 is 5.97 Å². The van der Waals surface area contributed by atoms with Gasteiger partial charge in [0.05, 0.1) is 6.42 Å². The molecular formula is C11H19NO3. The van der Waals surface area contributed by atoms with Crippen LogP contribution in [0.5, 0.6) is 0 Å². The average Bonchev–Trinajstić information content (AvgIpc) is 2.01. The normalized spacial score (nSPS) is 12.4. The smallest absolute Gasteiger partial charge is 0.305 e. The van der Waals surface area contributed by atoms with Gasteiger partial charge in [-0.05, 0) is 12.3 Å². The molecule has 0 aliphatic rings. The minimum atomic E-state index is -0.910. The van der Waals surface area contributed by atoms with E-state index in [4.69, 9.17) is 5.11 Å². The van der Waals surface area contributed by atoms with Gasteiger partial charge < -0.3 is 10.4 Å². The van der Waals surface area contributed by atoms with Crippen molar-refractivity contribution in [3.8, 4) is 0 Å². The number of amides is 1. The molecule has 1 amide bonds. The molecule has 0 bridgehead atoms. The lowest BCUT2D eigenvalue weighted by molar-refractivity contribution is -0.136. The Bertz CT molecular complexity index is 274. The van der Waals surface area contributed by atoms with E-state index in [2.05, 4.69) is 5.32 Å². The number of hydrogen-bond donors (Lipinski definition) is 2. The molecule has 0 heterocycles. The summed E-state index contributed by atoms with van der Waals surface area (Å²) in [7, 11) is 0. The lowest BCUT2D eigenvalue weighted by Crippen LogP contribution is -2.25. The summed E-state index contributed by atoms with van der Waals surface area (Å²) in [6.45, 7) is 8.11. The Kier molecular flexibility index (Phi) is 5.05. The SMILES string of the molecule is CC(=CC(=O)NCCC(=O)O)C(C)(C)C. The molecule has 0 aromatic rings. The number of rotatable bonds is 4. The van der Waals surface area contributed by atoms with Crippen LogP contribution in [-0.4, -0.2) is 23.5 Å². The van der Waals surface area contributed by atoms with Crippen LogP contribution >= 0.6 is 0 Å². The zero-order chi connectivity index (χ0) is 12.1. The van der Waals surface area contributed by atoms with Crippen LogP contribution in [0, 0.1) is 5.41 Å². The minimum absolute atomic E-state index is 0.0376. The van der Waals surface area contributed by atoms with Crippen molar-refractivity contribution >= 4 is 11.9 Å². The second-order valence-corrected chi connectivity index (χ2v) is 4.51. The summed E-state index contributed by atoms with van der Waals surface area (Å²) in [5.41, 5.74) is 0.930. The van der Waals surface area contributed by atoms with Gasteiger partial charge >= 0.3 is 5.97 Å². The van der Waals surface area contributed by atoms with Gasteiger partial charge in [0.25, 0.3) is 0 Å². The molecule has 0 aromatic heterocycles. The first kappa shape index (κ1) is 13.7. The molecule has 0 fully saturated rings. The molecule has 0 saturated heterocycles. The van der Waals surface area contributed by atoms with Crippen LogP contribution in [0.15, 0.2) is 11.6 Å². The van der Waals surface area contributed by atoms with E-state index >= 15 is 0 Å². The Morgan fingerprint density at radius 2 is 1.87 bits per heavy atom. The third kappa shape index (κ3) is 6.71. The van der Waals surface area contributed by atoms with Gasteiger partial charge in [-0.1, -0.05) is 26.3 Å². The van der Waals surface area contributed by atoms with Crippen molar-refractivity contribution in [2.75, 3.05) is 6.54 Å². The van der Waals surface area contributed by atoms with Crippen molar-refractivity contribution in [2.45, 2.75) is 34.1 Å².